The Kier molecular flexibility index (Phi) is 4.71. The second-order valence-corrected chi connectivity index (χ2v) is 6.83. The van der Waals surface area contributed by atoms with Crippen LogP contribution in [0.25, 0.3) is 10.8 Å². The predicted molar refractivity (Wildman–Crippen MR) is 94.7 cm³/mol. The molecule has 1 saturated carbocycles. The maximum Gasteiger partial charge on any atom is 0.122 e. The van der Waals surface area contributed by atoms with E-state index in [1.54, 1.807) is 0 Å². The average Bonchev–Trinajstić information content (AvgIpc) is 2.96. The standard InChI is InChI=1S/C21H28O/c1-4-8-16-12-19(11-15(16)5-2)20-13-17-9-6-7-10-18(17)14-21(20)22-3/h6-7,9-10,13-16,19H,4-5,8,11-12H2,1-3H3. The van der Waals surface area contributed by atoms with Gasteiger partial charge < -0.3 is 4.74 Å². The van der Waals surface area contributed by atoms with Gasteiger partial charge in [-0.3, -0.25) is 0 Å². The maximum atomic E-state index is 5.73. The van der Waals surface area contributed by atoms with E-state index in [2.05, 4.69) is 50.2 Å². The molecule has 1 fully saturated rings. The number of benzene rings is 2. The molecular formula is C21H28O. The van der Waals surface area contributed by atoms with Crippen molar-refractivity contribution in [3.8, 4) is 5.75 Å². The molecule has 1 heteroatoms. The molecule has 0 amide bonds. The third-order valence-corrected chi connectivity index (χ3v) is 5.56. The molecular weight excluding hydrogens is 268 g/mol. The van der Waals surface area contributed by atoms with E-state index in [9.17, 15) is 0 Å². The molecule has 1 aliphatic carbocycles. The van der Waals surface area contributed by atoms with E-state index in [-0.39, 0.29) is 0 Å². The quantitative estimate of drug-likeness (QED) is 0.641. The lowest BCUT2D eigenvalue weighted by atomic mass is 9.90. The van der Waals surface area contributed by atoms with Crippen molar-refractivity contribution in [1.29, 1.82) is 0 Å². The fourth-order valence-electron chi connectivity index (χ4n) is 4.42. The largest absolute Gasteiger partial charge is 0.496 e. The lowest BCUT2D eigenvalue weighted by Gasteiger charge is -2.16. The van der Waals surface area contributed by atoms with Crippen molar-refractivity contribution in [3.63, 3.8) is 0 Å². The Morgan fingerprint density at radius 1 is 1.00 bits per heavy atom. The highest BCUT2D eigenvalue weighted by Crippen LogP contribution is 2.48. The molecule has 1 aliphatic rings. The van der Waals surface area contributed by atoms with Crippen molar-refractivity contribution in [3.05, 3.63) is 42.0 Å². The van der Waals surface area contributed by atoms with Crippen molar-refractivity contribution < 1.29 is 4.74 Å². The van der Waals surface area contributed by atoms with E-state index in [1.807, 2.05) is 7.11 Å². The van der Waals surface area contributed by atoms with Gasteiger partial charge in [0.05, 0.1) is 7.11 Å². The van der Waals surface area contributed by atoms with Crippen LogP contribution in [0.4, 0.5) is 0 Å². The highest BCUT2D eigenvalue weighted by molar-refractivity contribution is 5.85. The van der Waals surface area contributed by atoms with Crippen LogP contribution >= 0.6 is 0 Å². The number of hydrogen-bond acceptors (Lipinski definition) is 1. The number of fused-ring (bicyclic) bond motifs is 1. The minimum absolute atomic E-state index is 0.668. The Balaban J connectivity index is 1.95. The van der Waals surface area contributed by atoms with E-state index in [1.165, 1.54) is 48.4 Å². The molecule has 1 nitrogen and oxygen atoms in total. The molecule has 0 aromatic heterocycles. The molecule has 0 N–H and O–H groups in total. The maximum absolute atomic E-state index is 5.73. The fourth-order valence-corrected chi connectivity index (χ4v) is 4.42. The smallest absolute Gasteiger partial charge is 0.122 e. The number of methoxy groups -OCH3 is 1. The second kappa shape index (κ2) is 6.73. The molecule has 3 unspecified atom stereocenters. The SMILES string of the molecule is CCCC1CC(c2cc3ccccc3cc2OC)CC1CC. The summed E-state index contributed by atoms with van der Waals surface area (Å²) in [4.78, 5) is 0. The van der Waals surface area contributed by atoms with Gasteiger partial charge in [-0.2, -0.15) is 0 Å². The molecule has 0 bridgehead atoms. The zero-order valence-corrected chi connectivity index (χ0v) is 14.1. The predicted octanol–water partition coefficient (Wildman–Crippen LogP) is 6.17. The van der Waals surface area contributed by atoms with Gasteiger partial charge in [0.15, 0.2) is 0 Å². The van der Waals surface area contributed by atoms with Crippen LogP contribution in [-0.4, -0.2) is 7.11 Å². The molecule has 0 aliphatic heterocycles. The van der Waals surface area contributed by atoms with E-state index in [4.69, 9.17) is 4.74 Å². The number of hydrogen-bond donors (Lipinski definition) is 0. The summed E-state index contributed by atoms with van der Waals surface area (Å²) in [6.07, 6.45) is 6.67. The third-order valence-electron chi connectivity index (χ3n) is 5.56. The van der Waals surface area contributed by atoms with Crippen molar-refractivity contribution >= 4 is 10.8 Å². The first-order valence-corrected chi connectivity index (χ1v) is 8.83. The van der Waals surface area contributed by atoms with Crippen LogP contribution in [0.5, 0.6) is 5.75 Å². The fraction of sp³-hybridized carbons (Fsp3) is 0.524. The van der Waals surface area contributed by atoms with Gasteiger partial charge in [-0.15, -0.1) is 0 Å². The highest BCUT2D eigenvalue weighted by atomic mass is 16.5. The second-order valence-electron chi connectivity index (χ2n) is 6.83. The summed E-state index contributed by atoms with van der Waals surface area (Å²) in [5, 5.41) is 2.61. The minimum Gasteiger partial charge on any atom is -0.496 e. The van der Waals surface area contributed by atoms with Gasteiger partial charge >= 0.3 is 0 Å². The first-order chi connectivity index (χ1) is 10.8. The Hall–Kier alpha value is -1.50. The van der Waals surface area contributed by atoms with Crippen LogP contribution in [0.15, 0.2) is 36.4 Å². The monoisotopic (exact) mass is 296 g/mol. The van der Waals surface area contributed by atoms with Crippen molar-refractivity contribution in [1.82, 2.24) is 0 Å². The van der Waals surface area contributed by atoms with Gasteiger partial charge in [0, 0.05) is 0 Å². The Morgan fingerprint density at radius 2 is 1.68 bits per heavy atom. The summed E-state index contributed by atoms with van der Waals surface area (Å²) in [5.41, 5.74) is 1.43. The molecule has 118 valence electrons. The van der Waals surface area contributed by atoms with Crippen molar-refractivity contribution in [2.24, 2.45) is 11.8 Å². The van der Waals surface area contributed by atoms with Gasteiger partial charge in [0.25, 0.3) is 0 Å². The van der Waals surface area contributed by atoms with Gasteiger partial charge in [-0.1, -0.05) is 57.4 Å². The van der Waals surface area contributed by atoms with Crippen molar-refractivity contribution in [2.45, 2.75) is 51.9 Å². The van der Waals surface area contributed by atoms with E-state index in [0.717, 1.165) is 17.6 Å². The zero-order valence-electron chi connectivity index (χ0n) is 14.1. The molecule has 0 spiro atoms. The topological polar surface area (TPSA) is 9.23 Å². The minimum atomic E-state index is 0.668. The van der Waals surface area contributed by atoms with E-state index >= 15 is 0 Å². The molecule has 0 radical (unpaired) electrons. The summed E-state index contributed by atoms with van der Waals surface area (Å²) in [6.45, 7) is 4.67. The number of ether oxygens (including phenoxy) is 1. The molecule has 0 heterocycles. The van der Waals surface area contributed by atoms with Crippen LogP contribution in [-0.2, 0) is 0 Å². The molecule has 22 heavy (non-hydrogen) atoms. The Bertz CT molecular complexity index is 631. The van der Waals surface area contributed by atoms with Gasteiger partial charge in [0.2, 0.25) is 0 Å². The molecule has 0 saturated heterocycles. The third kappa shape index (κ3) is 2.86. The van der Waals surface area contributed by atoms with Crippen LogP contribution < -0.4 is 4.74 Å². The summed E-state index contributed by atoms with van der Waals surface area (Å²) < 4.78 is 5.73. The molecule has 3 rings (SSSR count). The Morgan fingerprint density at radius 3 is 2.32 bits per heavy atom. The van der Waals surface area contributed by atoms with E-state index < -0.39 is 0 Å². The summed E-state index contributed by atoms with van der Waals surface area (Å²) in [6, 6.07) is 13.2. The summed E-state index contributed by atoms with van der Waals surface area (Å²) in [5.74, 6) is 3.54. The van der Waals surface area contributed by atoms with Crippen LogP contribution in [0, 0.1) is 11.8 Å². The summed E-state index contributed by atoms with van der Waals surface area (Å²) >= 11 is 0. The lowest BCUT2D eigenvalue weighted by Crippen LogP contribution is -2.05. The normalized spacial score (nSPS) is 24.8. The number of rotatable bonds is 5. The van der Waals surface area contributed by atoms with Crippen LogP contribution in [0.3, 0.4) is 0 Å². The lowest BCUT2D eigenvalue weighted by molar-refractivity contribution is 0.352. The highest BCUT2D eigenvalue weighted by Gasteiger charge is 2.34. The Labute approximate surface area is 134 Å². The summed E-state index contributed by atoms with van der Waals surface area (Å²) in [7, 11) is 1.81. The molecule has 2 aromatic rings. The first-order valence-electron chi connectivity index (χ1n) is 8.83. The van der Waals surface area contributed by atoms with Crippen LogP contribution in [0.1, 0.15) is 57.4 Å². The first kappa shape index (κ1) is 15.4. The van der Waals surface area contributed by atoms with Crippen LogP contribution in [0.2, 0.25) is 0 Å². The van der Waals surface area contributed by atoms with Gasteiger partial charge in [-0.25, -0.2) is 0 Å². The zero-order chi connectivity index (χ0) is 15.5. The molecule has 3 atom stereocenters. The van der Waals surface area contributed by atoms with Gasteiger partial charge in [-0.05, 0) is 59.1 Å². The van der Waals surface area contributed by atoms with E-state index in [0.29, 0.717) is 5.92 Å². The van der Waals surface area contributed by atoms with Crippen molar-refractivity contribution in [2.75, 3.05) is 7.11 Å². The molecule has 2 aromatic carbocycles. The average molecular weight is 296 g/mol. The van der Waals surface area contributed by atoms with Gasteiger partial charge in [0.1, 0.15) is 5.75 Å².